The van der Waals surface area contributed by atoms with Gasteiger partial charge in [0.15, 0.2) is 11.6 Å². The van der Waals surface area contributed by atoms with E-state index < -0.39 is 6.10 Å². The summed E-state index contributed by atoms with van der Waals surface area (Å²) < 4.78 is 0. The largest absolute Gasteiger partial charge is 0.394 e. The van der Waals surface area contributed by atoms with E-state index in [-0.39, 0.29) is 25.6 Å². The van der Waals surface area contributed by atoms with Crippen LogP contribution in [0.15, 0.2) is 6.33 Å². The minimum Gasteiger partial charge on any atom is -0.394 e. The van der Waals surface area contributed by atoms with Gasteiger partial charge in [-0.15, -0.1) is 12.4 Å². The number of hydrogen-bond acceptors (Lipinski definition) is 9. The van der Waals surface area contributed by atoms with Crippen LogP contribution >= 0.6 is 12.4 Å². The number of fused-ring (bicyclic) bond motifs is 1. The van der Waals surface area contributed by atoms with E-state index in [4.69, 9.17) is 5.11 Å². The molecule has 0 saturated heterocycles. The lowest BCUT2D eigenvalue weighted by atomic mass is 10.3. The number of aromatic nitrogens is 4. The molecule has 0 aliphatic carbocycles. The van der Waals surface area contributed by atoms with Gasteiger partial charge < -0.3 is 25.7 Å². The Morgan fingerprint density at radius 3 is 2.50 bits per heavy atom. The monoisotopic (exact) mass is 357 g/mol. The molecular weight excluding hydrogens is 334 g/mol. The molecule has 4 N–H and O–H groups in total. The van der Waals surface area contributed by atoms with Crippen molar-refractivity contribution >= 4 is 41.0 Å². The normalized spacial score (nSPS) is 11.7. The summed E-state index contributed by atoms with van der Waals surface area (Å²) in [6.45, 7) is 2.69. The fourth-order valence-corrected chi connectivity index (χ4v) is 1.91. The molecule has 1 unspecified atom stereocenters. The van der Waals surface area contributed by atoms with E-state index >= 15 is 0 Å². The molecule has 2 rings (SSSR count). The second-order valence-electron chi connectivity index (χ2n) is 5.33. The van der Waals surface area contributed by atoms with Gasteiger partial charge in [0.1, 0.15) is 17.4 Å². The number of hydrogen-bond donors (Lipinski definition) is 4. The van der Waals surface area contributed by atoms with Gasteiger partial charge in [-0.2, -0.15) is 4.98 Å². The van der Waals surface area contributed by atoms with Gasteiger partial charge in [-0.05, 0) is 6.42 Å². The quantitative estimate of drug-likeness (QED) is 0.535. The van der Waals surface area contributed by atoms with Gasteiger partial charge in [0, 0.05) is 27.2 Å². The summed E-state index contributed by atoms with van der Waals surface area (Å²) >= 11 is 0. The van der Waals surface area contributed by atoms with Gasteiger partial charge in [-0.3, -0.25) is 0 Å². The van der Waals surface area contributed by atoms with Crippen LogP contribution in [0.1, 0.15) is 13.3 Å². The zero-order chi connectivity index (χ0) is 16.8. The fourth-order valence-electron chi connectivity index (χ4n) is 1.91. The second kappa shape index (κ2) is 9.36. The number of aliphatic hydroxyl groups excluding tert-OH is 2. The van der Waals surface area contributed by atoms with Crippen molar-refractivity contribution in [3.63, 3.8) is 0 Å². The number of halogens is 1. The van der Waals surface area contributed by atoms with Crippen LogP contribution in [-0.4, -0.2) is 70.0 Å². The van der Waals surface area contributed by atoms with Crippen LogP contribution in [0.5, 0.6) is 0 Å². The Kier molecular flexibility index (Phi) is 7.83. The molecule has 9 nitrogen and oxygen atoms in total. The van der Waals surface area contributed by atoms with Crippen molar-refractivity contribution in [2.24, 2.45) is 0 Å². The third-order valence-corrected chi connectivity index (χ3v) is 3.13. The molecule has 10 heteroatoms. The summed E-state index contributed by atoms with van der Waals surface area (Å²) in [5.74, 6) is 1.68. The summed E-state index contributed by atoms with van der Waals surface area (Å²) in [4.78, 5) is 19.2. The Hall–Kier alpha value is -1.97. The van der Waals surface area contributed by atoms with E-state index in [2.05, 4.69) is 37.5 Å². The first kappa shape index (κ1) is 20.1. The second-order valence-corrected chi connectivity index (χ2v) is 5.33. The van der Waals surface area contributed by atoms with E-state index in [1.54, 1.807) is 4.90 Å². The lowest BCUT2D eigenvalue weighted by Crippen LogP contribution is -2.23. The molecule has 0 aliphatic rings. The molecule has 2 heterocycles. The first-order chi connectivity index (χ1) is 11.1. The average Bonchev–Trinajstić information content (AvgIpc) is 2.56. The fraction of sp³-hybridized carbons (Fsp3) is 0.571. The van der Waals surface area contributed by atoms with Gasteiger partial charge in [-0.1, -0.05) is 6.92 Å². The Morgan fingerprint density at radius 1 is 1.12 bits per heavy atom. The lowest BCUT2D eigenvalue weighted by molar-refractivity contribution is 0.105. The molecule has 134 valence electrons. The van der Waals surface area contributed by atoms with Crippen LogP contribution < -0.4 is 15.5 Å². The van der Waals surface area contributed by atoms with E-state index in [0.717, 1.165) is 13.0 Å². The van der Waals surface area contributed by atoms with Crippen molar-refractivity contribution in [3.05, 3.63) is 6.33 Å². The molecule has 1 atom stereocenters. The predicted octanol–water partition coefficient (Wildman–Crippen LogP) is 0.495. The lowest BCUT2D eigenvalue weighted by Gasteiger charge is -2.16. The third-order valence-electron chi connectivity index (χ3n) is 3.13. The van der Waals surface area contributed by atoms with Gasteiger partial charge >= 0.3 is 0 Å². The number of anilines is 3. The molecule has 0 aliphatic heterocycles. The van der Waals surface area contributed by atoms with Crippen molar-refractivity contribution in [1.82, 2.24) is 19.9 Å². The van der Waals surface area contributed by atoms with Gasteiger partial charge in [-0.25, -0.2) is 15.0 Å². The van der Waals surface area contributed by atoms with E-state index in [0.29, 0.717) is 28.6 Å². The molecular formula is C14H24ClN7O2. The van der Waals surface area contributed by atoms with Crippen molar-refractivity contribution in [1.29, 1.82) is 0 Å². The standard InChI is InChI=1S/C14H23N7O2.ClH/c1-4-5-15-13-10-11(19-14(20-13)21(2)3)12(18-8-17-10)16-6-9(23)7-22;/h8-9,22-23H,4-7H2,1-3H3,(H,15,19,20)(H,16,17,18);1H. The predicted molar refractivity (Wildman–Crippen MR) is 97.1 cm³/mol. The Morgan fingerprint density at radius 2 is 1.88 bits per heavy atom. The minimum atomic E-state index is -0.868. The van der Waals surface area contributed by atoms with Crippen LogP contribution in [0.25, 0.3) is 11.0 Å². The highest BCUT2D eigenvalue weighted by atomic mass is 35.5. The summed E-state index contributed by atoms with van der Waals surface area (Å²) in [5.41, 5.74) is 1.18. The Balaban J connectivity index is 0.00000288. The van der Waals surface area contributed by atoms with E-state index in [9.17, 15) is 5.11 Å². The highest BCUT2D eigenvalue weighted by molar-refractivity contribution is 5.93. The van der Waals surface area contributed by atoms with E-state index in [1.807, 2.05) is 14.1 Å². The maximum atomic E-state index is 9.50. The maximum Gasteiger partial charge on any atom is 0.227 e. The summed E-state index contributed by atoms with van der Waals surface area (Å²) in [7, 11) is 3.72. The molecule has 0 aromatic carbocycles. The summed E-state index contributed by atoms with van der Waals surface area (Å²) in [6.07, 6.45) is 1.51. The number of rotatable bonds is 8. The van der Waals surface area contributed by atoms with Crippen molar-refractivity contribution < 1.29 is 10.2 Å². The SMILES string of the molecule is CCCNc1nc(N(C)C)nc2c(NCC(O)CO)ncnc12.Cl. The molecule has 0 saturated carbocycles. The summed E-state index contributed by atoms with van der Waals surface area (Å²) in [6, 6.07) is 0. The molecule has 2 aromatic heterocycles. The van der Waals surface area contributed by atoms with E-state index in [1.165, 1.54) is 6.33 Å². The molecule has 24 heavy (non-hydrogen) atoms. The van der Waals surface area contributed by atoms with Crippen molar-refractivity contribution in [3.8, 4) is 0 Å². The third kappa shape index (κ3) is 4.76. The molecule has 0 bridgehead atoms. The smallest absolute Gasteiger partial charge is 0.227 e. The van der Waals surface area contributed by atoms with Gasteiger partial charge in [0.05, 0.1) is 12.7 Å². The molecule has 0 spiro atoms. The Bertz CT molecular complexity index is 656. The highest BCUT2D eigenvalue weighted by Crippen LogP contribution is 2.25. The first-order valence-electron chi connectivity index (χ1n) is 7.53. The topological polar surface area (TPSA) is 119 Å². The zero-order valence-corrected chi connectivity index (χ0v) is 14.8. The Labute approximate surface area is 147 Å². The van der Waals surface area contributed by atoms with Crippen molar-refractivity contribution in [2.75, 3.05) is 49.3 Å². The molecule has 0 fully saturated rings. The van der Waals surface area contributed by atoms with Crippen LogP contribution in [0, 0.1) is 0 Å². The first-order valence-corrected chi connectivity index (χ1v) is 7.53. The highest BCUT2D eigenvalue weighted by Gasteiger charge is 2.15. The van der Waals surface area contributed by atoms with Crippen LogP contribution in [0.4, 0.5) is 17.6 Å². The molecule has 0 radical (unpaired) electrons. The maximum absolute atomic E-state index is 9.50. The van der Waals surface area contributed by atoms with Crippen LogP contribution in [0.2, 0.25) is 0 Å². The van der Waals surface area contributed by atoms with Crippen LogP contribution in [0.3, 0.4) is 0 Å². The number of nitrogens with one attached hydrogen (secondary N) is 2. The zero-order valence-electron chi connectivity index (χ0n) is 14.0. The molecule has 2 aromatic rings. The van der Waals surface area contributed by atoms with Crippen molar-refractivity contribution in [2.45, 2.75) is 19.4 Å². The number of nitrogens with zero attached hydrogens (tertiary/aromatic N) is 5. The van der Waals surface area contributed by atoms with Crippen LogP contribution in [-0.2, 0) is 0 Å². The van der Waals surface area contributed by atoms with Gasteiger partial charge in [0.25, 0.3) is 0 Å². The van der Waals surface area contributed by atoms with Gasteiger partial charge in [0.2, 0.25) is 5.95 Å². The summed E-state index contributed by atoms with van der Waals surface area (Å²) in [5, 5.41) is 24.7. The number of aliphatic hydroxyl groups is 2. The average molecular weight is 358 g/mol. The molecule has 0 amide bonds. The minimum absolute atomic E-state index is 0.